The monoisotopic (exact) mass is 540 g/mol. The number of ketones is 1. The summed E-state index contributed by atoms with van der Waals surface area (Å²) in [4.78, 5) is 63.8. The van der Waals surface area contributed by atoms with E-state index < -0.39 is 90.6 Å². The minimum Gasteiger partial charge on any atom is -0.356 e. The van der Waals surface area contributed by atoms with Gasteiger partial charge in [0, 0.05) is 37.9 Å². The lowest BCUT2D eigenvalue weighted by Gasteiger charge is -2.35. The van der Waals surface area contributed by atoms with Crippen molar-refractivity contribution in [1.29, 1.82) is 0 Å². The van der Waals surface area contributed by atoms with Crippen molar-refractivity contribution in [3.8, 4) is 0 Å². The number of hydrogen-bond acceptors (Lipinski definition) is 6. The fourth-order valence-electron chi connectivity index (χ4n) is 4.80. The third-order valence-corrected chi connectivity index (χ3v) is 6.67. The molecule has 3 aliphatic rings. The number of ether oxygens (including phenoxy) is 1. The highest BCUT2D eigenvalue weighted by molar-refractivity contribution is 6.35. The number of hydrogen-bond donors (Lipinski definition) is 3. The Labute approximate surface area is 209 Å². The zero-order chi connectivity index (χ0) is 27.8. The number of amides is 4. The summed E-state index contributed by atoms with van der Waals surface area (Å²) < 4.78 is 67.1. The summed E-state index contributed by atoms with van der Waals surface area (Å²) >= 11 is 0. The molecule has 3 atom stereocenters. The van der Waals surface area contributed by atoms with Crippen molar-refractivity contribution in [2.75, 3.05) is 19.7 Å². The molecule has 2 aliphatic heterocycles. The maximum absolute atomic E-state index is 13.2. The largest absolute Gasteiger partial charge is 0.522 e. The molecule has 0 radical (unpaired) electrons. The molecular formula is C22H29F5N4O6. The zero-order valence-electron chi connectivity index (χ0n) is 20.3. The molecule has 3 N–H and O–H groups in total. The van der Waals surface area contributed by atoms with Crippen molar-refractivity contribution in [2.24, 2.45) is 11.3 Å². The van der Waals surface area contributed by atoms with Crippen LogP contribution in [0.4, 0.5) is 22.0 Å². The van der Waals surface area contributed by atoms with Crippen LogP contribution in [-0.2, 0) is 28.7 Å². The maximum Gasteiger partial charge on any atom is 0.522 e. The van der Waals surface area contributed by atoms with Gasteiger partial charge in [-0.1, -0.05) is 13.8 Å². The van der Waals surface area contributed by atoms with Crippen LogP contribution in [0, 0.1) is 11.3 Å². The standard InChI is InChI=1S/C22H29F5N4O6/c1-20(2)8-14(31(10-20)19(36)18(35)29-12-6-21(23,24)7-12)17(34)30-13(5-11-3-4-28-16(11)33)15(32)9-37-22(25,26)27/h11-14H,3-10H2,1-2H3,(H,28,33)(H,29,35)(H,30,34)/t11-,13-,14-/m0/s1. The average Bonchev–Trinajstić information content (AvgIpc) is 3.30. The van der Waals surface area contributed by atoms with E-state index in [1.807, 2.05) is 0 Å². The molecule has 4 amide bonds. The van der Waals surface area contributed by atoms with Gasteiger partial charge in [-0.2, -0.15) is 0 Å². The summed E-state index contributed by atoms with van der Waals surface area (Å²) in [6.07, 6.45) is -6.23. The van der Waals surface area contributed by atoms with E-state index in [0.717, 1.165) is 4.90 Å². The van der Waals surface area contributed by atoms with Gasteiger partial charge in [0.25, 0.3) is 5.92 Å². The summed E-state index contributed by atoms with van der Waals surface area (Å²) in [5.74, 6) is -8.38. The van der Waals surface area contributed by atoms with Crippen molar-refractivity contribution in [2.45, 2.75) is 76.4 Å². The van der Waals surface area contributed by atoms with Gasteiger partial charge in [-0.25, -0.2) is 8.78 Å². The Balaban J connectivity index is 1.71. The number of nitrogens with one attached hydrogen (secondary N) is 3. The van der Waals surface area contributed by atoms with E-state index in [9.17, 15) is 45.9 Å². The molecule has 0 unspecified atom stereocenters. The SMILES string of the molecule is CC1(C)C[C@@H](C(=O)N[C@@H](C[C@@H]2CCNC2=O)C(=O)COC(F)(F)F)N(C(=O)C(=O)NC2CC(F)(F)C2)C1. The van der Waals surface area contributed by atoms with Crippen LogP contribution in [0.2, 0.25) is 0 Å². The van der Waals surface area contributed by atoms with Crippen LogP contribution < -0.4 is 16.0 Å². The molecule has 1 aliphatic carbocycles. The third-order valence-electron chi connectivity index (χ3n) is 6.67. The molecular weight excluding hydrogens is 511 g/mol. The van der Waals surface area contributed by atoms with Crippen molar-refractivity contribution in [3.05, 3.63) is 0 Å². The van der Waals surface area contributed by atoms with Gasteiger partial charge < -0.3 is 20.9 Å². The van der Waals surface area contributed by atoms with E-state index in [-0.39, 0.29) is 19.4 Å². The Bertz CT molecular complexity index is 948. The molecule has 0 aromatic heterocycles. The number of Topliss-reactive ketones (excluding diaryl/α,β-unsaturated/α-hetero) is 1. The molecule has 2 heterocycles. The first kappa shape index (κ1) is 28.7. The number of carbonyl (C=O) groups excluding carboxylic acids is 5. The number of likely N-dealkylation sites (tertiary alicyclic amines) is 1. The van der Waals surface area contributed by atoms with E-state index in [2.05, 4.69) is 20.7 Å². The molecule has 2 saturated heterocycles. The van der Waals surface area contributed by atoms with Gasteiger partial charge >= 0.3 is 18.2 Å². The van der Waals surface area contributed by atoms with Gasteiger partial charge in [0.2, 0.25) is 11.8 Å². The van der Waals surface area contributed by atoms with Crippen molar-refractivity contribution in [3.63, 3.8) is 0 Å². The van der Waals surface area contributed by atoms with Gasteiger partial charge in [-0.3, -0.25) is 28.7 Å². The van der Waals surface area contributed by atoms with E-state index in [1.54, 1.807) is 13.8 Å². The van der Waals surface area contributed by atoms with Crippen molar-refractivity contribution in [1.82, 2.24) is 20.9 Å². The predicted octanol–water partition coefficient (Wildman–Crippen LogP) is 0.644. The van der Waals surface area contributed by atoms with Crippen LogP contribution >= 0.6 is 0 Å². The average molecular weight is 540 g/mol. The highest BCUT2D eigenvalue weighted by atomic mass is 19.4. The van der Waals surface area contributed by atoms with Gasteiger partial charge in [0.15, 0.2) is 5.78 Å². The normalized spacial score (nSPS) is 25.7. The molecule has 37 heavy (non-hydrogen) atoms. The Hall–Kier alpha value is -2.84. The fraction of sp³-hybridized carbons (Fsp3) is 0.773. The molecule has 1 saturated carbocycles. The second-order valence-corrected chi connectivity index (χ2v) is 10.5. The number of rotatable bonds is 8. The van der Waals surface area contributed by atoms with Gasteiger partial charge in [-0.05, 0) is 24.7 Å². The second kappa shape index (κ2) is 10.5. The molecule has 208 valence electrons. The molecule has 0 aromatic carbocycles. The molecule has 10 nitrogen and oxygen atoms in total. The first-order valence-electron chi connectivity index (χ1n) is 11.8. The first-order valence-corrected chi connectivity index (χ1v) is 11.8. The van der Waals surface area contributed by atoms with E-state index in [0.29, 0.717) is 13.0 Å². The lowest BCUT2D eigenvalue weighted by Crippen LogP contribution is -2.57. The van der Waals surface area contributed by atoms with E-state index in [4.69, 9.17) is 0 Å². The predicted molar refractivity (Wildman–Crippen MR) is 115 cm³/mol. The first-order chi connectivity index (χ1) is 17.0. The van der Waals surface area contributed by atoms with E-state index >= 15 is 0 Å². The highest BCUT2D eigenvalue weighted by Crippen LogP contribution is 2.38. The highest BCUT2D eigenvalue weighted by Gasteiger charge is 2.49. The lowest BCUT2D eigenvalue weighted by molar-refractivity contribution is -0.321. The van der Waals surface area contributed by atoms with Gasteiger partial charge in [-0.15, -0.1) is 13.2 Å². The number of carbonyl (C=O) groups is 5. The van der Waals surface area contributed by atoms with Gasteiger partial charge in [0.05, 0.1) is 6.04 Å². The molecule has 3 fully saturated rings. The van der Waals surface area contributed by atoms with Crippen LogP contribution in [0.3, 0.4) is 0 Å². The summed E-state index contributed by atoms with van der Waals surface area (Å²) in [6.45, 7) is 2.30. The van der Waals surface area contributed by atoms with Gasteiger partial charge in [0.1, 0.15) is 12.6 Å². The Morgan fingerprint density at radius 1 is 1.16 bits per heavy atom. The minimum atomic E-state index is -5.09. The van der Waals surface area contributed by atoms with Crippen molar-refractivity contribution >= 4 is 29.4 Å². The summed E-state index contributed by atoms with van der Waals surface area (Å²) in [7, 11) is 0. The quantitative estimate of drug-likeness (QED) is 0.306. The smallest absolute Gasteiger partial charge is 0.356 e. The Kier molecular flexibility index (Phi) is 8.15. The van der Waals surface area contributed by atoms with Crippen LogP contribution in [0.15, 0.2) is 0 Å². The van der Waals surface area contributed by atoms with Crippen LogP contribution in [0.25, 0.3) is 0 Å². The summed E-state index contributed by atoms with van der Waals surface area (Å²) in [5, 5.41) is 7.09. The number of halogens is 5. The molecule has 0 bridgehead atoms. The van der Waals surface area contributed by atoms with E-state index in [1.165, 1.54) is 0 Å². The van der Waals surface area contributed by atoms with Crippen LogP contribution in [0.5, 0.6) is 0 Å². The molecule has 15 heteroatoms. The number of nitrogens with zero attached hydrogens (tertiary/aromatic N) is 1. The summed E-state index contributed by atoms with van der Waals surface area (Å²) in [5.41, 5.74) is -0.647. The lowest BCUT2D eigenvalue weighted by atomic mass is 9.88. The maximum atomic E-state index is 13.2. The molecule has 0 spiro atoms. The van der Waals surface area contributed by atoms with Crippen molar-refractivity contribution < 1.29 is 50.7 Å². The summed E-state index contributed by atoms with van der Waals surface area (Å²) in [6, 6.07) is -3.66. The fourth-order valence-corrected chi connectivity index (χ4v) is 4.80. The van der Waals surface area contributed by atoms with Crippen LogP contribution in [0.1, 0.15) is 46.0 Å². The molecule has 3 rings (SSSR count). The topological polar surface area (TPSA) is 134 Å². The Morgan fingerprint density at radius 2 is 1.81 bits per heavy atom. The Morgan fingerprint density at radius 3 is 2.35 bits per heavy atom. The number of alkyl halides is 5. The zero-order valence-corrected chi connectivity index (χ0v) is 20.3. The van der Waals surface area contributed by atoms with Crippen LogP contribution in [-0.4, -0.2) is 84.4 Å². The molecule has 0 aromatic rings. The minimum absolute atomic E-state index is 0.0427. The second-order valence-electron chi connectivity index (χ2n) is 10.5. The third kappa shape index (κ3) is 7.58.